The van der Waals surface area contributed by atoms with Gasteiger partial charge in [0, 0.05) is 6.42 Å². The van der Waals surface area contributed by atoms with Gasteiger partial charge in [-0.25, -0.2) is 0 Å². The molecular weight excluding hydrogens is 548 g/mol. The Morgan fingerprint density at radius 2 is 1.00 bits per heavy atom. The molecule has 0 heterocycles. The summed E-state index contributed by atoms with van der Waals surface area (Å²) in [7, 11) is 0. The summed E-state index contributed by atoms with van der Waals surface area (Å²) >= 11 is 0. The number of amides is 1. The standard InChI is InChI=1S/C6H15N.3C6H11.C4H6N2O.ClH.Sn/c1-4-7(5-2)6-3;3*1-2-4-6-5-3-1;1-2-4(7)6-3-5;;/h4-6H2,1-3H3;3*1H,2-6H2;2H2,1H3,(H,6,7);1H;/q;3*-1;;;+4/p-1. The molecule has 3 fully saturated rings. The second kappa shape index (κ2) is 37.6. The van der Waals surface area contributed by atoms with Gasteiger partial charge in [-0.1, -0.05) is 85.5 Å². The summed E-state index contributed by atoms with van der Waals surface area (Å²) in [6.45, 7) is 11.8. The van der Waals surface area contributed by atoms with E-state index in [1.54, 1.807) is 6.92 Å². The third-order valence-corrected chi connectivity index (χ3v) is 5.81. The van der Waals surface area contributed by atoms with Crippen LogP contribution in [0.1, 0.15) is 130 Å². The van der Waals surface area contributed by atoms with E-state index in [9.17, 15) is 4.79 Å². The van der Waals surface area contributed by atoms with E-state index in [0.29, 0.717) is 6.42 Å². The van der Waals surface area contributed by atoms with Crippen LogP contribution in [0.15, 0.2) is 0 Å². The molecule has 1 N–H and O–H groups in total. The van der Waals surface area contributed by atoms with E-state index in [2.05, 4.69) is 44.9 Å². The first kappa shape index (κ1) is 41.1. The van der Waals surface area contributed by atoms with E-state index in [-0.39, 0.29) is 42.2 Å². The van der Waals surface area contributed by atoms with Crippen LogP contribution in [0.2, 0.25) is 0 Å². The smallest absolute Gasteiger partial charge is 1.00 e. The molecule has 0 aliphatic heterocycles. The Labute approximate surface area is 237 Å². The number of hydrogen-bond donors (Lipinski definition) is 1. The molecule has 0 aromatic heterocycles. The fourth-order valence-corrected chi connectivity index (χ4v) is 3.52. The molecule has 0 bridgehead atoms. The van der Waals surface area contributed by atoms with Crippen molar-refractivity contribution in [1.29, 1.82) is 5.26 Å². The van der Waals surface area contributed by atoms with E-state index in [1.807, 2.05) is 5.32 Å². The van der Waals surface area contributed by atoms with Crippen LogP contribution in [0, 0.1) is 30.7 Å². The second-order valence-corrected chi connectivity index (χ2v) is 8.41. The van der Waals surface area contributed by atoms with Crippen LogP contribution < -0.4 is 17.7 Å². The Morgan fingerprint density at radius 3 is 1.06 bits per heavy atom. The summed E-state index contributed by atoms with van der Waals surface area (Å²) < 4.78 is 0. The average Bonchev–Trinajstić information content (AvgIpc) is 2.90. The Hall–Kier alpha value is 0.00870. The van der Waals surface area contributed by atoms with Gasteiger partial charge in [-0.2, -0.15) is 43.8 Å². The normalized spacial score (nSPS) is 16.2. The number of nitrogens with zero attached hydrogens (tertiary/aromatic N) is 2. The van der Waals surface area contributed by atoms with Crippen molar-refractivity contribution in [3.05, 3.63) is 19.3 Å². The molecule has 0 unspecified atom stereocenters. The molecule has 1 amide bonds. The van der Waals surface area contributed by atoms with Crippen LogP contribution in [0.4, 0.5) is 0 Å². The SMILES string of the molecule is CCC(=O)NC#N.CCN(CC)CC.[CH-]1CCCCC1.[CH-]1CCCCC1.[CH-]1CCCCC1.[Cl-].[Sn+4]. The number of hydrogen-bond acceptors (Lipinski definition) is 3. The van der Waals surface area contributed by atoms with Crippen molar-refractivity contribution in [3.8, 4) is 6.19 Å². The zero-order valence-electron chi connectivity index (χ0n) is 22.8. The third-order valence-electron chi connectivity index (χ3n) is 5.81. The van der Waals surface area contributed by atoms with Gasteiger partial charge in [-0.15, -0.1) is 0 Å². The minimum atomic E-state index is -0.234. The van der Waals surface area contributed by atoms with Crippen LogP contribution in [0.3, 0.4) is 0 Å². The molecule has 3 rings (SSSR count). The minimum absolute atomic E-state index is 0. The summed E-state index contributed by atoms with van der Waals surface area (Å²) in [4.78, 5) is 12.5. The second-order valence-electron chi connectivity index (χ2n) is 8.41. The number of rotatable bonds is 4. The van der Waals surface area contributed by atoms with E-state index in [4.69, 9.17) is 5.26 Å². The number of nitrogens with one attached hydrogen (secondary N) is 1. The molecule has 0 aromatic rings. The molecule has 198 valence electrons. The van der Waals surface area contributed by atoms with Gasteiger partial charge in [0.2, 0.25) is 5.91 Å². The first-order chi connectivity index (χ1) is 15.7. The van der Waals surface area contributed by atoms with Crippen molar-refractivity contribution in [2.45, 2.75) is 130 Å². The van der Waals surface area contributed by atoms with Gasteiger partial charge in [0.15, 0.2) is 6.19 Å². The molecular formula is C28H54ClN3OSn. The van der Waals surface area contributed by atoms with E-state index < -0.39 is 0 Å². The summed E-state index contributed by atoms with van der Waals surface area (Å²) in [6.07, 6.45) is 30.4. The molecule has 3 saturated carbocycles. The number of carbonyl (C=O) groups is 1. The monoisotopic (exact) mass is 603 g/mol. The zero-order chi connectivity index (χ0) is 24.1. The Kier molecular flexibility index (Phi) is 45.5. The Bertz CT molecular complexity index is 334. The molecule has 6 heteroatoms. The minimum Gasteiger partial charge on any atom is -1.00 e. The molecule has 4 nitrogen and oxygen atoms in total. The van der Waals surface area contributed by atoms with Crippen molar-refractivity contribution in [2.75, 3.05) is 19.6 Å². The van der Waals surface area contributed by atoms with Crippen molar-refractivity contribution < 1.29 is 17.2 Å². The molecule has 0 spiro atoms. The summed E-state index contributed by atoms with van der Waals surface area (Å²) in [6, 6.07) is 0. The molecule has 0 atom stereocenters. The van der Waals surface area contributed by atoms with Crippen molar-refractivity contribution >= 4 is 29.8 Å². The van der Waals surface area contributed by atoms with Crippen LogP contribution in [0.25, 0.3) is 0 Å². The van der Waals surface area contributed by atoms with Gasteiger partial charge in [-0.05, 0) is 19.6 Å². The van der Waals surface area contributed by atoms with Gasteiger partial charge in [0.1, 0.15) is 0 Å². The number of carbonyl (C=O) groups excluding carboxylic acids is 1. The largest absolute Gasteiger partial charge is 4.00 e. The Morgan fingerprint density at radius 1 is 0.706 bits per heavy atom. The van der Waals surface area contributed by atoms with Gasteiger partial charge < -0.3 is 36.6 Å². The maximum absolute atomic E-state index is 10.1. The maximum atomic E-state index is 10.1. The third kappa shape index (κ3) is 36.6. The van der Waals surface area contributed by atoms with Gasteiger partial charge in [-0.3, -0.25) is 10.1 Å². The quantitative estimate of drug-likeness (QED) is 0.224. The molecule has 34 heavy (non-hydrogen) atoms. The maximum Gasteiger partial charge on any atom is 4.00 e. The summed E-state index contributed by atoms with van der Waals surface area (Å²) in [5, 5.41) is 9.75. The molecule has 0 saturated heterocycles. The van der Waals surface area contributed by atoms with Crippen molar-refractivity contribution in [3.63, 3.8) is 0 Å². The average molecular weight is 603 g/mol. The topological polar surface area (TPSA) is 56.1 Å². The Balaban J connectivity index is -0.000000163. The van der Waals surface area contributed by atoms with Crippen LogP contribution >= 0.6 is 0 Å². The first-order valence-corrected chi connectivity index (χ1v) is 13.5. The van der Waals surface area contributed by atoms with Crippen molar-refractivity contribution in [1.82, 2.24) is 10.2 Å². The predicted octanol–water partition coefficient (Wildman–Crippen LogP) is 4.43. The zero-order valence-corrected chi connectivity index (χ0v) is 26.5. The molecule has 3 aliphatic rings. The first-order valence-electron chi connectivity index (χ1n) is 13.5. The number of halogens is 1. The molecule has 0 aromatic carbocycles. The van der Waals surface area contributed by atoms with Crippen LogP contribution in [-0.4, -0.2) is 54.3 Å². The van der Waals surface area contributed by atoms with Gasteiger partial charge in [0.25, 0.3) is 0 Å². The van der Waals surface area contributed by atoms with Crippen LogP contribution in [-0.2, 0) is 4.79 Å². The molecule has 0 radical (unpaired) electrons. The van der Waals surface area contributed by atoms with Crippen LogP contribution in [0.5, 0.6) is 0 Å². The van der Waals surface area contributed by atoms with E-state index >= 15 is 0 Å². The fraction of sp³-hybridized carbons (Fsp3) is 0.821. The predicted molar refractivity (Wildman–Crippen MR) is 145 cm³/mol. The van der Waals surface area contributed by atoms with E-state index in [0.717, 1.165) is 0 Å². The van der Waals surface area contributed by atoms with Gasteiger partial charge in [0.05, 0.1) is 0 Å². The fourth-order valence-electron chi connectivity index (χ4n) is 3.52. The molecule has 3 aliphatic carbocycles. The van der Waals surface area contributed by atoms with E-state index in [1.165, 1.54) is 122 Å². The summed E-state index contributed by atoms with van der Waals surface area (Å²) in [5.74, 6) is -0.234. The van der Waals surface area contributed by atoms with Crippen molar-refractivity contribution in [2.24, 2.45) is 0 Å². The van der Waals surface area contributed by atoms with Gasteiger partial charge >= 0.3 is 23.9 Å². The number of nitriles is 1. The summed E-state index contributed by atoms with van der Waals surface area (Å²) in [5.41, 5.74) is 0.